The van der Waals surface area contributed by atoms with Crippen LogP contribution in [0.1, 0.15) is 16.1 Å². The van der Waals surface area contributed by atoms with Crippen LogP contribution in [0.2, 0.25) is 15.2 Å². The molecule has 0 atom stereocenters. The molecule has 2 aromatic rings. The minimum Gasteiger partial charge on any atom is -0.340 e. The topological polar surface area (TPSA) is 73.5 Å². The number of alkyl halides is 3. The number of nitrogens with zero attached hydrogens (tertiary/aromatic N) is 2. The molecule has 0 radical (unpaired) electrons. The van der Waals surface area contributed by atoms with Gasteiger partial charge in [-0.2, -0.15) is 17.5 Å². The summed E-state index contributed by atoms with van der Waals surface area (Å²) in [5.74, 6) is -0.423. The Morgan fingerprint density at radius 1 is 1.00 bits per heavy atom. The number of carbonyl (C=O) groups excluding carboxylic acids is 1. The Kier molecular flexibility index (Phi) is 6.13. The first-order chi connectivity index (χ1) is 13.4. The zero-order chi connectivity index (χ0) is 21.6. The zero-order valence-corrected chi connectivity index (χ0v) is 17.5. The fourth-order valence-corrected chi connectivity index (χ4v) is 5.07. The van der Waals surface area contributed by atoms with E-state index >= 15 is 0 Å². The molecule has 1 fully saturated rings. The van der Waals surface area contributed by atoms with Gasteiger partial charge in [0.05, 0.1) is 15.6 Å². The predicted molar refractivity (Wildman–Crippen MR) is 102 cm³/mol. The lowest BCUT2D eigenvalue weighted by atomic mass is 10.2. The highest BCUT2D eigenvalue weighted by Gasteiger charge is 2.36. The normalized spacial score (nSPS) is 16.3. The molecule has 0 saturated carbocycles. The second-order valence-electron chi connectivity index (χ2n) is 6.18. The number of halogens is 6. The predicted octanol–water partition coefficient (Wildman–Crippen LogP) is 4.14. The first-order valence-corrected chi connectivity index (χ1v) is 10.7. The smallest absolute Gasteiger partial charge is 0.340 e. The lowest BCUT2D eigenvalue weighted by Gasteiger charge is -2.34. The first-order valence-electron chi connectivity index (χ1n) is 8.11. The van der Waals surface area contributed by atoms with Gasteiger partial charge in [-0.1, -0.05) is 34.8 Å². The van der Waals surface area contributed by atoms with Gasteiger partial charge in [-0.05, 0) is 24.3 Å². The number of H-pyrrole nitrogens is 1. The largest absolute Gasteiger partial charge is 0.416 e. The number of amides is 1. The number of aromatic amines is 1. The third kappa shape index (κ3) is 4.51. The Morgan fingerprint density at radius 2 is 1.62 bits per heavy atom. The van der Waals surface area contributed by atoms with E-state index in [1.54, 1.807) is 0 Å². The summed E-state index contributed by atoms with van der Waals surface area (Å²) in [4.78, 5) is 15.8. The van der Waals surface area contributed by atoms with Crippen molar-refractivity contribution in [2.45, 2.75) is 11.1 Å². The average Bonchev–Trinajstić information content (AvgIpc) is 2.99. The second kappa shape index (κ2) is 7.99. The number of aromatic nitrogens is 1. The first kappa shape index (κ1) is 22.2. The van der Waals surface area contributed by atoms with Crippen LogP contribution >= 0.6 is 34.8 Å². The van der Waals surface area contributed by atoms with Gasteiger partial charge in [0.15, 0.2) is 0 Å². The maximum atomic E-state index is 12.9. The summed E-state index contributed by atoms with van der Waals surface area (Å²) >= 11 is 17.5. The van der Waals surface area contributed by atoms with Gasteiger partial charge >= 0.3 is 6.18 Å². The number of sulfonamides is 1. The summed E-state index contributed by atoms with van der Waals surface area (Å²) in [7, 11) is -4.28. The number of rotatable bonds is 3. The van der Waals surface area contributed by atoms with Crippen LogP contribution < -0.4 is 0 Å². The van der Waals surface area contributed by atoms with E-state index in [-0.39, 0.29) is 47.1 Å². The molecule has 3 rings (SSSR count). The molecule has 6 nitrogen and oxygen atoms in total. The van der Waals surface area contributed by atoms with E-state index in [2.05, 4.69) is 4.98 Å². The van der Waals surface area contributed by atoms with Gasteiger partial charge < -0.3 is 9.88 Å². The molecule has 158 valence electrons. The molecule has 1 aliphatic heterocycles. The van der Waals surface area contributed by atoms with Crippen molar-refractivity contribution in [2.75, 3.05) is 26.2 Å². The number of hydrogen-bond donors (Lipinski definition) is 1. The lowest BCUT2D eigenvalue weighted by molar-refractivity contribution is -0.137. The Balaban J connectivity index is 1.77. The highest BCUT2D eigenvalue weighted by atomic mass is 35.5. The van der Waals surface area contributed by atoms with Crippen LogP contribution in [0, 0.1) is 0 Å². The van der Waals surface area contributed by atoms with Crippen molar-refractivity contribution in [3.8, 4) is 0 Å². The Labute approximate surface area is 179 Å². The number of piperazine rings is 1. The summed E-state index contributed by atoms with van der Waals surface area (Å²) in [6.45, 7) is -0.155. The van der Waals surface area contributed by atoms with Gasteiger partial charge in [0.25, 0.3) is 5.91 Å². The quantitative estimate of drug-likeness (QED) is 0.703. The molecular weight excluding hydrogens is 478 g/mol. The molecule has 2 heterocycles. The molecule has 29 heavy (non-hydrogen) atoms. The molecular formula is C16H13Cl3F3N3O3S. The Bertz CT molecular complexity index is 1030. The van der Waals surface area contributed by atoms with Crippen LogP contribution in [0.15, 0.2) is 29.2 Å². The van der Waals surface area contributed by atoms with Crippen LogP contribution in [-0.2, 0) is 16.2 Å². The Morgan fingerprint density at radius 3 is 2.14 bits per heavy atom. The molecule has 0 spiro atoms. The molecule has 1 aliphatic rings. The monoisotopic (exact) mass is 489 g/mol. The van der Waals surface area contributed by atoms with Crippen molar-refractivity contribution >= 4 is 50.7 Å². The van der Waals surface area contributed by atoms with E-state index in [9.17, 15) is 26.4 Å². The highest BCUT2D eigenvalue weighted by molar-refractivity contribution is 7.89. The van der Waals surface area contributed by atoms with E-state index in [4.69, 9.17) is 34.8 Å². The van der Waals surface area contributed by atoms with E-state index in [0.717, 1.165) is 10.4 Å². The van der Waals surface area contributed by atoms with Crippen LogP contribution in [0.5, 0.6) is 0 Å². The van der Waals surface area contributed by atoms with Crippen molar-refractivity contribution in [3.63, 3.8) is 0 Å². The molecule has 0 unspecified atom stereocenters. The highest BCUT2D eigenvalue weighted by Crippen LogP contribution is 2.34. The van der Waals surface area contributed by atoms with Crippen molar-refractivity contribution in [3.05, 3.63) is 50.7 Å². The van der Waals surface area contributed by atoms with Gasteiger partial charge in [0.1, 0.15) is 15.7 Å². The van der Waals surface area contributed by atoms with Crippen molar-refractivity contribution in [1.29, 1.82) is 0 Å². The molecule has 1 aromatic carbocycles. The molecule has 1 saturated heterocycles. The minimum absolute atomic E-state index is 0.0307. The van der Waals surface area contributed by atoms with Crippen LogP contribution in [0.3, 0.4) is 0 Å². The summed E-state index contributed by atoms with van der Waals surface area (Å²) in [6, 6.07) is 3.48. The number of carbonyl (C=O) groups is 1. The van der Waals surface area contributed by atoms with Crippen molar-refractivity contribution in [1.82, 2.24) is 14.2 Å². The van der Waals surface area contributed by atoms with Gasteiger partial charge in [0, 0.05) is 26.2 Å². The van der Waals surface area contributed by atoms with Crippen molar-refractivity contribution in [2.24, 2.45) is 0 Å². The van der Waals surface area contributed by atoms with E-state index in [0.29, 0.717) is 12.1 Å². The van der Waals surface area contributed by atoms with E-state index < -0.39 is 32.6 Å². The molecule has 1 amide bonds. The van der Waals surface area contributed by atoms with Gasteiger partial charge in [0.2, 0.25) is 10.0 Å². The standard InChI is InChI=1S/C16H13Cl3F3N3O3S/c17-10-2-1-9(16(20,21)22)7-13(10)29(27,28)25-5-3-24(4-6-25)15(26)12-8-11(18)14(19)23-12/h1-2,7-8,23H,3-6H2. The fraction of sp³-hybridized carbons (Fsp3) is 0.312. The SMILES string of the molecule is O=C(c1cc(Cl)c(Cl)[nH]1)N1CCN(S(=O)(=O)c2cc(C(F)(F)F)ccc2Cl)CC1. The lowest BCUT2D eigenvalue weighted by Crippen LogP contribution is -2.50. The van der Waals surface area contributed by atoms with Gasteiger partial charge in [-0.3, -0.25) is 4.79 Å². The zero-order valence-electron chi connectivity index (χ0n) is 14.4. The van der Waals surface area contributed by atoms with Gasteiger partial charge in [-0.25, -0.2) is 8.42 Å². The summed E-state index contributed by atoms with van der Waals surface area (Å²) < 4.78 is 65.4. The van der Waals surface area contributed by atoms with Crippen LogP contribution in [0.4, 0.5) is 13.2 Å². The third-order valence-electron chi connectivity index (χ3n) is 4.36. The van der Waals surface area contributed by atoms with Crippen LogP contribution in [-0.4, -0.2) is 54.7 Å². The fourth-order valence-electron chi connectivity index (χ4n) is 2.84. The Hall–Kier alpha value is -1.46. The van der Waals surface area contributed by atoms with E-state index in [1.165, 1.54) is 11.0 Å². The minimum atomic E-state index is -4.71. The number of nitrogens with one attached hydrogen (secondary N) is 1. The molecule has 0 bridgehead atoms. The molecule has 1 N–H and O–H groups in total. The van der Waals surface area contributed by atoms with Crippen molar-refractivity contribution < 1.29 is 26.4 Å². The maximum Gasteiger partial charge on any atom is 0.416 e. The second-order valence-corrected chi connectivity index (χ2v) is 9.28. The molecule has 1 aromatic heterocycles. The van der Waals surface area contributed by atoms with Gasteiger partial charge in [-0.15, -0.1) is 0 Å². The maximum absolute atomic E-state index is 12.9. The third-order valence-corrected chi connectivity index (χ3v) is 7.43. The summed E-state index contributed by atoms with van der Waals surface area (Å²) in [5.41, 5.74) is -0.966. The summed E-state index contributed by atoms with van der Waals surface area (Å²) in [6.07, 6.45) is -4.71. The summed E-state index contributed by atoms with van der Waals surface area (Å²) in [5, 5.41) is -0.0296. The van der Waals surface area contributed by atoms with E-state index in [1.807, 2.05) is 0 Å². The molecule has 13 heteroatoms. The molecule has 0 aliphatic carbocycles. The number of hydrogen-bond acceptors (Lipinski definition) is 3. The number of benzene rings is 1. The van der Waals surface area contributed by atoms with Crippen LogP contribution in [0.25, 0.3) is 0 Å². The average molecular weight is 491 g/mol.